The van der Waals surface area contributed by atoms with Gasteiger partial charge in [0.25, 0.3) is 0 Å². The largest absolute Gasteiger partial charge is 0.391 e. The Morgan fingerprint density at radius 1 is 1.06 bits per heavy atom. The first-order chi connectivity index (χ1) is 8.00. The molecule has 0 radical (unpaired) electrons. The van der Waals surface area contributed by atoms with Gasteiger partial charge in [-0.1, -0.05) is 19.3 Å². The van der Waals surface area contributed by atoms with E-state index in [2.05, 4.69) is 30.7 Å². The molecular formula is C14H28N2O. The summed E-state index contributed by atoms with van der Waals surface area (Å²) < 4.78 is 0. The first-order valence-corrected chi connectivity index (χ1v) is 7.14. The van der Waals surface area contributed by atoms with Crippen LogP contribution < -0.4 is 0 Å². The van der Waals surface area contributed by atoms with Crippen LogP contribution in [0.3, 0.4) is 0 Å². The van der Waals surface area contributed by atoms with Gasteiger partial charge in [-0.05, 0) is 33.7 Å². The predicted molar refractivity (Wildman–Crippen MR) is 71.2 cm³/mol. The van der Waals surface area contributed by atoms with Crippen molar-refractivity contribution in [1.29, 1.82) is 0 Å². The summed E-state index contributed by atoms with van der Waals surface area (Å²) in [4.78, 5) is 4.97. The molecule has 0 aromatic rings. The SMILES string of the molecule is CN1CCN(C2CCCCCC2O)CC1(C)C. The summed E-state index contributed by atoms with van der Waals surface area (Å²) in [6.45, 7) is 7.94. The first-order valence-electron chi connectivity index (χ1n) is 7.14. The molecule has 1 aliphatic carbocycles. The summed E-state index contributed by atoms with van der Waals surface area (Å²) in [6.07, 6.45) is 5.86. The zero-order chi connectivity index (χ0) is 12.5. The maximum atomic E-state index is 10.3. The molecule has 1 N–H and O–H groups in total. The van der Waals surface area contributed by atoms with Crippen LogP contribution in [0.15, 0.2) is 0 Å². The van der Waals surface area contributed by atoms with Crippen molar-refractivity contribution in [3.8, 4) is 0 Å². The summed E-state index contributed by atoms with van der Waals surface area (Å²) in [5, 5.41) is 10.3. The molecule has 1 aliphatic heterocycles. The molecule has 2 fully saturated rings. The van der Waals surface area contributed by atoms with Crippen LogP contribution in [0, 0.1) is 0 Å². The Morgan fingerprint density at radius 2 is 1.76 bits per heavy atom. The Balaban J connectivity index is 2.01. The van der Waals surface area contributed by atoms with Crippen LogP contribution in [-0.4, -0.2) is 59.3 Å². The van der Waals surface area contributed by atoms with E-state index in [1.807, 2.05) is 0 Å². The quantitative estimate of drug-likeness (QED) is 0.707. The third-order valence-corrected chi connectivity index (χ3v) is 4.76. The Morgan fingerprint density at radius 3 is 2.47 bits per heavy atom. The van der Waals surface area contributed by atoms with Crippen molar-refractivity contribution < 1.29 is 5.11 Å². The first kappa shape index (κ1) is 13.3. The van der Waals surface area contributed by atoms with Crippen molar-refractivity contribution >= 4 is 0 Å². The van der Waals surface area contributed by atoms with Gasteiger partial charge in [0, 0.05) is 31.2 Å². The predicted octanol–water partition coefficient (Wildman–Crippen LogP) is 1.71. The van der Waals surface area contributed by atoms with E-state index >= 15 is 0 Å². The van der Waals surface area contributed by atoms with E-state index in [0.29, 0.717) is 6.04 Å². The molecule has 17 heavy (non-hydrogen) atoms. The second-order valence-corrected chi connectivity index (χ2v) is 6.48. The van der Waals surface area contributed by atoms with Gasteiger partial charge in [-0.2, -0.15) is 0 Å². The number of piperazine rings is 1. The fraction of sp³-hybridized carbons (Fsp3) is 1.00. The molecular weight excluding hydrogens is 212 g/mol. The fourth-order valence-electron chi connectivity index (χ4n) is 3.26. The van der Waals surface area contributed by atoms with Gasteiger partial charge in [0.1, 0.15) is 0 Å². The zero-order valence-electron chi connectivity index (χ0n) is 11.7. The number of likely N-dealkylation sites (N-methyl/N-ethyl adjacent to an activating group) is 1. The van der Waals surface area contributed by atoms with E-state index in [9.17, 15) is 5.11 Å². The number of aliphatic hydroxyl groups is 1. The molecule has 2 atom stereocenters. The highest BCUT2D eigenvalue weighted by Gasteiger charge is 2.36. The highest BCUT2D eigenvalue weighted by Crippen LogP contribution is 2.27. The number of hydrogen-bond acceptors (Lipinski definition) is 3. The highest BCUT2D eigenvalue weighted by atomic mass is 16.3. The van der Waals surface area contributed by atoms with Crippen LogP contribution in [0.25, 0.3) is 0 Å². The molecule has 1 saturated carbocycles. The van der Waals surface area contributed by atoms with E-state index in [0.717, 1.165) is 26.1 Å². The number of aliphatic hydroxyl groups excluding tert-OH is 1. The number of nitrogens with zero attached hydrogens (tertiary/aromatic N) is 2. The molecule has 0 spiro atoms. The minimum atomic E-state index is -0.100. The molecule has 1 saturated heterocycles. The second-order valence-electron chi connectivity index (χ2n) is 6.48. The topological polar surface area (TPSA) is 26.7 Å². The molecule has 1 heterocycles. The molecule has 2 rings (SSSR count). The monoisotopic (exact) mass is 240 g/mol. The van der Waals surface area contributed by atoms with Gasteiger partial charge in [-0.25, -0.2) is 0 Å². The van der Waals surface area contributed by atoms with Crippen molar-refractivity contribution in [3.63, 3.8) is 0 Å². The molecule has 0 amide bonds. The summed E-state index contributed by atoms with van der Waals surface area (Å²) in [7, 11) is 2.21. The van der Waals surface area contributed by atoms with E-state index < -0.39 is 0 Å². The van der Waals surface area contributed by atoms with Gasteiger partial charge >= 0.3 is 0 Å². The Bertz CT molecular complexity index is 255. The van der Waals surface area contributed by atoms with Crippen molar-refractivity contribution in [2.75, 3.05) is 26.7 Å². The molecule has 2 unspecified atom stereocenters. The van der Waals surface area contributed by atoms with Gasteiger partial charge in [0.05, 0.1) is 6.10 Å². The Labute approximate surface area is 106 Å². The summed E-state index contributed by atoms with van der Waals surface area (Å²) in [5.74, 6) is 0. The lowest BCUT2D eigenvalue weighted by molar-refractivity contribution is -0.0257. The van der Waals surface area contributed by atoms with E-state index in [1.54, 1.807) is 0 Å². The normalized spacial score (nSPS) is 36.7. The molecule has 3 nitrogen and oxygen atoms in total. The van der Waals surface area contributed by atoms with Gasteiger partial charge in [-0.15, -0.1) is 0 Å². The van der Waals surface area contributed by atoms with Gasteiger partial charge in [-0.3, -0.25) is 9.80 Å². The average Bonchev–Trinajstić information content (AvgIpc) is 2.47. The van der Waals surface area contributed by atoms with E-state index in [1.165, 1.54) is 25.7 Å². The van der Waals surface area contributed by atoms with E-state index in [4.69, 9.17) is 0 Å². The summed E-state index contributed by atoms with van der Waals surface area (Å²) >= 11 is 0. The highest BCUT2D eigenvalue weighted by molar-refractivity contribution is 4.93. The van der Waals surface area contributed by atoms with Crippen LogP contribution in [0.2, 0.25) is 0 Å². The average molecular weight is 240 g/mol. The molecule has 100 valence electrons. The standard InChI is InChI=1S/C14H28N2O/c1-14(2)11-16(10-9-15(14)3)12-7-5-4-6-8-13(12)17/h12-13,17H,4-11H2,1-3H3. The van der Waals surface area contributed by atoms with Crippen LogP contribution in [0.4, 0.5) is 0 Å². The van der Waals surface area contributed by atoms with Crippen molar-refractivity contribution in [1.82, 2.24) is 9.80 Å². The third kappa shape index (κ3) is 3.01. The maximum absolute atomic E-state index is 10.3. The summed E-state index contributed by atoms with van der Waals surface area (Å²) in [6, 6.07) is 0.408. The lowest BCUT2D eigenvalue weighted by Crippen LogP contribution is -2.61. The summed E-state index contributed by atoms with van der Waals surface area (Å²) in [5.41, 5.74) is 0.240. The lowest BCUT2D eigenvalue weighted by atomic mass is 9.95. The van der Waals surface area contributed by atoms with Gasteiger partial charge in [0.15, 0.2) is 0 Å². The van der Waals surface area contributed by atoms with Gasteiger partial charge in [0.2, 0.25) is 0 Å². The minimum Gasteiger partial charge on any atom is -0.391 e. The molecule has 0 aromatic heterocycles. The molecule has 3 heteroatoms. The molecule has 0 bridgehead atoms. The zero-order valence-corrected chi connectivity index (χ0v) is 11.7. The third-order valence-electron chi connectivity index (χ3n) is 4.76. The van der Waals surface area contributed by atoms with Gasteiger partial charge < -0.3 is 5.11 Å². The van der Waals surface area contributed by atoms with Crippen LogP contribution in [-0.2, 0) is 0 Å². The smallest absolute Gasteiger partial charge is 0.0695 e. The minimum absolute atomic E-state index is 0.100. The van der Waals surface area contributed by atoms with Crippen LogP contribution in [0.1, 0.15) is 46.0 Å². The number of rotatable bonds is 1. The van der Waals surface area contributed by atoms with Crippen LogP contribution >= 0.6 is 0 Å². The fourth-order valence-corrected chi connectivity index (χ4v) is 3.26. The van der Waals surface area contributed by atoms with Crippen LogP contribution in [0.5, 0.6) is 0 Å². The van der Waals surface area contributed by atoms with E-state index in [-0.39, 0.29) is 11.6 Å². The second kappa shape index (κ2) is 5.25. The Kier molecular flexibility index (Phi) is 4.11. The lowest BCUT2D eigenvalue weighted by Gasteiger charge is -2.48. The molecule has 2 aliphatic rings. The molecule has 0 aromatic carbocycles. The van der Waals surface area contributed by atoms with Crippen molar-refractivity contribution in [3.05, 3.63) is 0 Å². The van der Waals surface area contributed by atoms with Crippen molar-refractivity contribution in [2.24, 2.45) is 0 Å². The maximum Gasteiger partial charge on any atom is 0.0695 e. The Hall–Kier alpha value is -0.120. The van der Waals surface area contributed by atoms with Crippen molar-refractivity contribution in [2.45, 2.75) is 63.6 Å². The number of hydrogen-bond donors (Lipinski definition) is 1.